The van der Waals surface area contributed by atoms with E-state index in [2.05, 4.69) is 9.97 Å². The Morgan fingerprint density at radius 1 is 1.15 bits per heavy atom. The molecule has 0 N–H and O–H groups in total. The van der Waals surface area contributed by atoms with E-state index in [4.69, 9.17) is 0 Å². The lowest BCUT2D eigenvalue weighted by Crippen LogP contribution is -2.10. The van der Waals surface area contributed by atoms with Crippen molar-refractivity contribution in [3.05, 3.63) is 60.3 Å². The molecule has 0 saturated carbocycles. The van der Waals surface area contributed by atoms with E-state index >= 15 is 0 Å². The highest BCUT2D eigenvalue weighted by atomic mass is 16.1. The smallest absolute Gasteiger partial charge is 0.171 e. The van der Waals surface area contributed by atoms with E-state index in [-0.39, 0.29) is 5.78 Å². The van der Waals surface area contributed by atoms with Crippen LogP contribution in [0.15, 0.2) is 48.9 Å². The predicted molar refractivity (Wildman–Crippen MR) is 77.7 cm³/mol. The third-order valence-corrected chi connectivity index (χ3v) is 3.41. The highest BCUT2D eigenvalue weighted by molar-refractivity contribution is 6.07. The molecule has 4 nitrogen and oxygen atoms in total. The highest BCUT2D eigenvalue weighted by Gasteiger charge is 2.13. The molecule has 2 heterocycles. The van der Waals surface area contributed by atoms with Crippen LogP contribution in [0.3, 0.4) is 0 Å². The lowest BCUT2D eigenvalue weighted by molar-refractivity contribution is 0.0991. The van der Waals surface area contributed by atoms with Crippen LogP contribution in [0, 0.1) is 0 Å². The van der Waals surface area contributed by atoms with Crippen LogP contribution >= 0.6 is 0 Å². The molecule has 0 aliphatic carbocycles. The molecular weight excluding hydrogens is 250 g/mol. The summed E-state index contributed by atoms with van der Waals surface area (Å²) in [4.78, 5) is 21.1. The molecule has 4 heteroatoms. The summed E-state index contributed by atoms with van der Waals surface area (Å²) in [5.41, 5.74) is 1.55. The first-order valence-electron chi connectivity index (χ1n) is 6.66. The number of nitrogens with zero attached hydrogens (tertiary/aromatic N) is 3. The number of aromatic nitrogens is 3. The summed E-state index contributed by atoms with van der Waals surface area (Å²) in [6.45, 7) is 2.86. The largest absolute Gasteiger partial charge is 0.335 e. The molecule has 100 valence electrons. The number of carbonyl (C=O) groups is 1. The monoisotopic (exact) mass is 265 g/mol. The van der Waals surface area contributed by atoms with Crippen molar-refractivity contribution >= 4 is 16.7 Å². The molecule has 0 unspecified atom stereocenters. The van der Waals surface area contributed by atoms with E-state index < -0.39 is 0 Å². The quantitative estimate of drug-likeness (QED) is 0.681. The molecule has 3 rings (SSSR count). The number of imidazole rings is 1. The summed E-state index contributed by atoms with van der Waals surface area (Å²) in [5, 5.41) is 0.898. The molecule has 2 aromatic heterocycles. The molecular formula is C16H15N3O. The molecule has 20 heavy (non-hydrogen) atoms. The number of carbonyl (C=O) groups excluding carboxylic acids is 1. The summed E-state index contributed by atoms with van der Waals surface area (Å²) >= 11 is 0. The van der Waals surface area contributed by atoms with E-state index in [1.807, 2.05) is 42.0 Å². The van der Waals surface area contributed by atoms with Gasteiger partial charge in [-0.1, -0.05) is 18.2 Å². The first-order valence-corrected chi connectivity index (χ1v) is 6.66. The van der Waals surface area contributed by atoms with E-state index in [0.29, 0.717) is 12.0 Å². The number of para-hydroxylation sites is 1. The molecule has 0 fully saturated rings. The van der Waals surface area contributed by atoms with Gasteiger partial charge in [0.1, 0.15) is 5.82 Å². The summed E-state index contributed by atoms with van der Waals surface area (Å²) in [6.07, 6.45) is 5.63. The van der Waals surface area contributed by atoms with Gasteiger partial charge in [0.25, 0.3) is 0 Å². The lowest BCUT2D eigenvalue weighted by Gasteiger charge is -2.06. The van der Waals surface area contributed by atoms with Crippen LogP contribution in [0.5, 0.6) is 0 Å². The van der Waals surface area contributed by atoms with E-state index in [1.165, 1.54) is 0 Å². The number of hydrogen-bond acceptors (Lipinski definition) is 3. The Labute approximate surface area is 117 Å². The molecule has 0 atom stereocenters. The molecule has 0 spiro atoms. The van der Waals surface area contributed by atoms with Gasteiger partial charge in [-0.2, -0.15) is 0 Å². The minimum absolute atomic E-state index is 0.0736. The number of rotatable bonds is 4. The summed E-state index contributed by atoms with van der Waals surface area (Å²) in [7, 11) is 0. The van der Waals surface area contributed by atoms with Crippen LogP contribution in [0.1, 0.15) is 23.1 Å². The number of Topliss-reactive ketones (excluding diaryl/α,β-unsaturated/α-hetero) is 1. The Kier molecular flexibility index (Phi) is 3.29. The second kappa shape index (κ2) is 5.25. The van der Waals surface area contributed by atoms with Crippen molar-refractivity contribution in [3.8, 4) is 0 Å². The number of benzene rings is 1. The standard InChI is InChI=1S/C16H15N3O/c1-2-19-10-9-18-16(19)11-15(20)13-7-8-17-14-6-4-3-5-12(13)14/h3-10H,2,11H2,1H3. The molecule has 0 radical (unpaired) electrons. The number of aryl methyl sites for hydroxylation is 1. The molecule has 1 aromatic carbocycles. The molecule has 0 bridgehead atoms. The maximum absolute atomic E-state index is 12.5. The van der Waals surface area contributed by atoms with Crippen LogP contribution in [0.4, 0.5) is 0 Å². The van der Waals surface area contributed by atoms with Gasteiger partial charge in [-0.25, -0.2) is 4.98 Å². The van der Waals surface area contributed by atoms with E-state index in [1.54, 1.807) is 18.5 Å². The highest BCUT2D eigenvalue weighted by Crippen LogP contribution is 2.18. The zero-order valence-corrected chi connectivity index (χ0v) is 11.3. The van der Waals surface area contributed by atoms with Crippen molar-refractivity contribution in [1.82, 2.24) is 14.5 Å². The Balaban J connectivity index is 1.97. The van der Waals surface area contributed by atoms with Gasteiger partial charge in [-0.05, 0) is 19.1 Å². The topological polar surface area (TPSA) is 47.8 Å². The number of fused-ring (bicyclic) bond motifs is 1. The molecule has 0 aliphatic rings. The fraction of sp³-hybridized carbons (Fsp3) is 0.188. The maximum Gasteiger partial charge on any atom is 0.171 e. The first kappa shape index (κ1) is 12.5. The van der Waals surface area contributed by atoms with Crippen LogP contribution < -0.4 is 0 Å². The number of hydrogen-bond donors (Lipinski definition) is 0. The van der Waals surface area contributed by atoms with E-state index in [9.17, 15) is 4.79 Å². The van der Waals surface area contributed by atoms with Crippen molar-refractivity contribution in [3.63, 3.8) is 0 Å². The maximum atomic E-state index is 12.5. The average Bonchev–Trinajstić information content (AvgIpc) is 2.93. The minimum Gasteiger partial charge on any atom is -0.335 e. The van der Waals surface area contributed by atoms with Gasteiger partial charge < -0.3 is 4.57 Å². The normalized spacial score (nSPS) is 10.8. The van der Waals surface area contributed by atoms with Gasteiger partial charge in [0.2, 0.25) is 0 Å². The zero-order valence-electron chi connectivity index (χ0n) is 11.3. The second-order valence-electron chi connectivity index (χ2n) is 4.61. The zero-order chi connectivity index (χ0) is 13.9. The second-order valence-corrected chi connectivity index (χ2v) is 4.61. The van der Waals surface area contributed by atoms with Crippen LogP contribution in [-0.4, -0.2) is 20.3 Å². The van der Waals surface area contributed by atoms with Crippen LogP contribution in [-0.2, 0) is 13.0 Å². The van der Waals surface area contributed by atoms with Gasteiger partial charge in [0, 0.05) is 36.1 Å². The molecule has 0 aliphatic heterocycles. The Bertz CT molecular complexity index is 756. The lowest BCUT2D eigenvalue weighted by atomic mass is 10.0. The Morgan fingerprint density at radius 3 is 2.85 bits per heavy atom. The van der Waals surface area contributed by atoms with Crippen molar-refractivity contribution in [2.45, 2.75) is 19.9 Å². The van der Waals surface area contributed by atoms with Gasteiger partial charge in [-0.3, -0.25) is 9.78 Å². The van der Waals surface area contributed by atoms with Crippen molar-refractivity contribution in [2.75, 3.05) is 0 Å². The van der Waals surface area contributed by atoms with E-state index in [0.717, 1.165) is 23.3 Å². The van der Waals surface area contributed by atoms with Gasteiger partial charge in [0.15, 0.2) is 5.78 Å². The summed E-state index contributed by atoms with van der Waals surface area (Å²) < 4.78 is 1.99. The predicted octanol–water partition coefficient (Wildman–Crippen LogP) is 2.88. The third-order valence-electron chi connectivity index (χ3n) is 3.41. The Hall–Kier alpha value is -2.49. The molecule has 3 aromatic rings. The SMILES string of the molecule is CCn1ccnc1CC(=O)c1ccnc2ccccc12. The van der Waals surface area contributed by atoms with Gasteiger partial charge in [-0.15, -0.1) is 0 Å². The first-order chi connectivity index (χ1) is 9.79. The Morgan fingerprint density at radius 2 is 2.00 bits per heavy atom. The van der Waals surface area contributed by atoms with Crippen LogP contribution in [0.25, 0.3) is 10.9 Å². The molecule has 0 saturated heterocycles. The third kappa shape index (κ3) is 2.20. The van der Waals surface area contributed by atoms with Gasteiger partial charge >= 0.3 is 0 Å². The fourth-order valence-corrected chi connectivity index (χ4v) is 2.37. The van der Waals surface area contributed by atoms with Crippen molar-refractivity contribution in [1.29, 1.82) is 0 Å². The molecule has 0 amide bonds. The summed E-state index contributed by atoms with van der Waals surface area (Å²) in [5.74, 6) is 0.878. The fourth-order valence-electron chi connectivity index (χ4n) is 2.37. The van der Waals surface area contributed by atoms with Crippen LogP contribution in [0.2, 0.25) is 0 Å². The number of pyridine rings is 1. The summed E-state index contributed by atoms with van der Waals surface area (Å²) in [6, 6.07) is 9.48. The minimum atomic E-state index is 0.0736. The average molecular weight is 265 g/mol. The van der Waals surface area contributed by atoms with Crippen molar-refractivity contribution < 1.29 is 4.79 Å². The number of ketones is 1. The van der Waals surface area contributed by atoms with Crippen molar-refractivity contribution in [2.24, 2.45) is 0 Å². The van der Waals surface area contributed by atoms with Gasteiger partial charge in [0.05, 0.1) is 11.9 Å².